The molecule has 0 bridgehead atoms. The van der Waals surface area contributed by atoms with Gasteiger partial charge in [-0.1, -0.05) is 20.8 Å². The van der Waals surface area contributed by atoms with Crippen LogP contribution in [0.25, 0.3) is 0 Å². The third-order valence-corrected chi connectivity index (χ3v) is 4.80. The second-order valence-electron chi connectivity index (χ2n) is 7.36. The van der Waals surface area contributed by atoms with Gasteiger partial charge in [-0.2, -0.15) is 0 Å². The summed E-state index contributed by atoms with van der Waals surface area (Å²) in [6.07, 6.45) is 9.79. The highest BCUT2D eigenvalue weighted by molar-refractivity contribution is 4.80. The number of ether oxygens (including phenoxy) is 2. The van der Waals surface area contributed by atoms with Crippen LogP contribution in [0.2, 0.25) is 0 Å². The van der Waals surface area contributed by atoms with Crippen molar-refractivity contribution in [2.75, 3.05) is 19.7 Å². The summed E-state index contributed by atoms with van der Waals surface area (Å²) in [6.45, 7) is 9.84. The van der Waals surface area contributed by atoms with E-state index in [0.717, 1.165) is 26.1 Å². The summed E-state index contributed by atoms with van der Waals surface area (Å²) in [5.41, 5.74) is 0.528. The predicted molar refractivity (Wildman–Crippen MR) is 83.0 cm³/mol. The lowest BCUT2D eigenvalue weighted by Gasteiger charge is -2.34. The lowest BCUT2D eigenvalue weighted by molar-refractivity contribution is -0.0583. The van der Waals surface area contributed by atoms with Crippen LogP contribution in [0.1, 0.15) is 65.7 Å². The maximum absolute atomic E-state index is 6.09. The number of hydrogen-bond donors (Lipinski definition) is 1. The summed E-state index contributed by atoms with van der Waals surface area (Å²) in [5, 5.41) is 3.45. The van der Waals surface area contributed by atoms with Crippen molar-refractivity contribution in [1.82, 2.24) is 5.32 Å². The summed E-state index contributed by atoms with van der Waals surface area (Å²) in [6, 6.07) is 0. The molecule has 1 heterocycles. The van der Waals surface area contributed by atoms with E-state index in [1.165, 1.54) is 38.5 Å². The van der Waals surface area contributed by atoms with E-state index in [1.54, 1.807) is 0 Å². The van der Waals surface area contributed by atoms with E-state index in [0.29, 0.717) is 23.7 Å². The second kappa shape index (κ2) is 7.77. The Kier molecular flexibility index (Phi) is 6.31. The van der Waals surface area contributed by atoms with Crippen LogP contribution in [-0.4, -0.2) is 38.0 Å². The standard InChI is InChI=1S/C17H33NO2/c1-4-11-18-12-15-5-6-16(20-15)13-19-14-7-9-17(2,3)10-8-14/h14-16,18H,4-13H2,1-3H3. The summed E-state index contributed by atoms with van der Waals surface area (Å²) in [4.78, 5) is 0. The average Bonchev–Trinajstić information content (AvgIpc) is 2.86. The van der Waals surface area contributed by atoms with Gasteiger partial charge >= 0.3 is 0 Å². The van der Waals surface area contributed by atoms with Crippen LogP contribution in [0.5, 0.6) is 0 Å². The van der Waals surface area contributed by atoms with Crippen molar-refractivity contribution in [3.8, 4) is 0 Å². The van der Waals surface area contributed by atoms with Crippen LogP contribution in [-0.2, 0) is 9.47 Å². The van der Waals surface area contributed by atoms with Crippen molar-refractivity contribution in [3.05, 3.63) is 0 Å². The minimum atomic E-state index is 0.332. The smallest absolute Gasteiger partial charge is 0.0814 e. The van der Waals surface area contributed by atoms with Gasteiger partial charge in [0.2, 0.25) is 0 Å². The van der Waals surface area contributed by atoms with Crippen molar-refractivity contribution in [1.29, 1.82) is 0 Å². The molecule has 2 fully saturated rings. The number of nitrogens with one attached hydrogen (secondary N) is 1. The first kappa shape index (κ1) is 16.3. The molecule has 0 spiro atoms. The highest BCUT2D eigenvalue weighted by Gasteiger charge is 2.29. The van der Waals surface area contributed by atoms with E-state index in [9.17, 15) is 0 Å². The topological polar surface area (TPSA) is 30.5 Å². The zero-order valence-corrected chi connectivity index (χ0v) is 13.6. The van der Waals surface area contributed by atoms with Gasteiger partial charge in [-0.05, 0) is 56.9 Å². The zero-order valence-electron chi connectivity index (χ0n) is 13.6. The van der Waals surface area contributed by atoms with Gasteiger partial charge in [0.05, 0.1) is 24.9 Å². The molecule has 1 aliphatic heterocycles. The Morgan fingerprint density at radius 3 is 2.50 bits per heavy atom. The molecule has 0 aromatic rings. The highest BCUT2D eigenvalue weighted by Crippen LogP contribution is 2.36. The molecule has 20 heavy (non-hydrogen) atoms. The molecule has 1 N–H and O–H groups in total. The molecule has 0 amide bonds. The molecule has 2 aliphatic rings. The van der Waals surface area contributed by atoms with Gasteiger partial charge in [0.1, 0.15) is 0 Å². The molecule has 3 heteroatoms. The SMILES string of the molecule is CCCNCC1CCC(COC2CCC(C)(C)CC2)O1. The Bertz CT molecular complexity index is 270. The Balaban J connectivity index is 1.57. The van der Waals surface area contributed by atoms with Crippen LogP contribution in [0.15, 0.2) is 0 Å². The maximum Gasteiger partial charge on any atom is 0.0814 e. The molecule has 0 radical (unpaired) electrons. The fourth-order valence-electron chi connectivity index (χ4n) is 3.28. The van der Waals surface area contributed by atoms with Crippen LogP contribution >= 0.6 is 0 Å². The van der Waals surface area contributed by atoms with Crippen molar-refractivity contribution < 1.29 is 9.47 Å². The van der Waals surface area contributed by atoms with E-state index in [4.69, 9.17) is 9.47 Å². The van der Waals surface area contributed by atoms with Crippen molar-refractivity contribution >= 4 is 0 Å². The summed E-state index contributed by atoms with van der Waals surface area (Å²) < 4.78 is 12.1. The summed E-state index contributed by atoms with van der Waals surface area (Å²) in [5.74, 6) is 0. The quantitative estimate of drug-likeness (QED) is 0.725. The molecule has 118 valence electrons. The van der Waals surface area contributed by atoms with Gasteiger partial charge in [0.15, 0.2) is 0 Å². The van der Waals surface area contributed by atoms with Crippen molar-refractivity contribution in [3.63, 3.8) is 0 Å². The van der Waals surface area contributed by atoms with Gasteiger partial charge in [-0.3, -0.25) is 0 Å². The molecular weight excluding hydrogens is 250 g/mol. The average molecular weight is 283 g/mol. The second-order valence-corrected chi connectivity index (χ2v) is 7.36. The molecule has 1 saturated heterocycles. The van der Waals surface area contributed by atoms with Gasteiger partial charge in [0.25, 0.3) is 0 Å². The van der Waals surface area contributed by atoms with Crippen LogP contribution < -0.4 is 5.32 Å². The molecule has 1 aliphatic carbocycles. The minimum Gasteiger partial charge on any atom is -0.376 e. The lowest BCUT2D eigenvalue weighted by atomic mass is 9.76. The van der Waals surface area contributed by atoms with Crippen molar-refractivity contribution in [2.45, 2.75) is 84.0 Å². The Morgan fingerprint density at radius 2 is 1.80 bits per heavy atom. The highest BCUT2D eigenvalue weighted by atomic mass is 16.5. The van der Waals surface area contributed by atoms with E-state index in [1.807, 2.05) is 0 Å². The van der Waals surface area contributed by atoms with Gasteiger partial charge < -0.3 is 14.8 Å². The van der Waals surface area contributed by atoms with Gasteiger partial charge in [-0.15, -0.1) is 0 Å². The Hall–Kier alpha value is -0.120. The summed E-state index contributed by atoms with van der Waals surface area (Å²) >= 11 is 0. The molecule has 2 unspecified atom stereocenters. The first-order valence-electron chi connectivity index (χ1n) is 8.57. The molecule has 1 saturated carbocycles. The third kappa shape index (κ3) is 5.34. The number of hydrogen-bond acceptors (Lipinski definition) is 3. The zero-order chi connectivity index (χ0) is 14.4. The first-order valence-corrected chi connectivity index (χ1v) is 8.57. The largest absolute Gasteiger partial charge is 0.376 e. The normalized spacial score (nSPS) is 30.8. The Morgan fingerprint density at radius 1 is 1.10 bits per heavy atom. The van der Waals surface area contributed by atoms with E-state index >= 15 is 0 Å². The lowest BCUT2D eigenvalue weighted by Crippen LogP contribution is -2.30. The number of rotatable bonds is 7. The third-order valence-electron chi connectivity index (χ3n) is 4.80. The molecule has 0 aromatic heterocycles. The predicted octanol–water partition coefficient (Wildman–Crippen LogP) is 3.52. The molecular formula is C17H33NO2. The van der Waals surface area contributed by atoms with Crippen LogP contribution in [0.4, 0.5) is 0 Å². The van der Waals surface area contributed by atoms with Crippen LogP contribution in [0.3, 0.4) is 0 Å². The molecule has 3 nitrogen and oxygen atoms in total. The molecule has 2 rings (SSSR count). The van der Waals surface area contributed by atoms with Gasteiger partial charge in [-0.25, -0.2) is 0 Å². The van der Waals surface area contributed by atoms with E-state index in [-0.39, 0.29) is 0 Å². The Labute approximate surface area is 124 Å². The van der Waals surface area contributed by atoms with Crippen LogP contribution in [0, 0.1) is 5.41 Å². The fraction of sp³-hybridized carbons (Fsp3) is 1.00. The van der Waals surface area contributed by atoms with Gasteiger partial charge in [0, 0.05) is 6.54 Å². The van der Waals surface area contributed by atoms with E-state index < -0.39 is 0 Å². The van der Waals surface area contributed by atoms with Crippen molar-refractivity contribution in [2.24, 2.45) is 5.41 Å². The summed E-state index contributed by atoms with van der Waals surface area (Å²) in [7, 11) is 0. The monoisotopic (exact) mass is 283 g/mol. The first-order chi connectivity index (χ1) is 9.59. The molecule has 2 atom stereocenters. The van der Waals surface area contributed by atoms with E-state index in [2.05, 4.69) is 26.1 Å². The maximum atomic E-state index is 6.09. The minimum absolute atomic E-state index is 0.332. The molecule has 0 aromatic carbocycles. The fourth-order valence-corrected chi connectivity index (χ4v) is 3.28.